The van der Waals surface area contributed by atoms with Crippen molar-refractivity contribution < 1.29 is 19.2 Å². The molecule has 0 radical (unpaired) electrons. The van der Waals surface area contributed by atoms with Crippen LogP contribution in [0.1, 0.15) is 39.0 Å². The van der Waals surface area contributed by atoms with Crippen molar-refractivity contribution in [1.82, 2.24) is 0 Å². The standard InChI is InChI=1S/C18H28N2O3/c1-2-3-6-14-22-17-9-7-16(8-10-17)19-18(21)23-15-13-20-11-4-5-12-20/h7-10H,2-6,11-15H2,1H3,(H,19,21)/p+1. The van der Waals surface area contributed by atoms with Crippen LogP contribution in [0, 0.1) is 0 Å². The van der Waals surface area contributed by atoms with Gasteiger partial charge in [-0.05, 0) is 30.7 Å². The van der Waals surface area contributed by atoms with Crippen molar-refractivity contribution in [3.8, 4) is 5.75 Å². The maximum atomic E-state index is 11.7. The molecule has 1 saturated heterocycles. The van der Waals surface area contributed by atoms with E-state index in [0.717, 1.165) is 31.0 Å². The van der Waals surface area contributed by atoms with Crippen LogP contribution >= 0.6 is 0 Å². The van der Waals surface area contributed by atoms with Gasteiger partial charge in [0.25, 0.3) is 0 Å². The Morgan fingerprint density at radius 2 is 1.87 bits per heavy atom. The second kappa shape index (κ2) is 10.1. The first-order chi connectivity index (χ1) is 11.3. The Labute approximate surface area is 139 Å². The summed E-state index contributed by atoms with van der Waals surface area (Å²) in [5.74, 6) is 0.831. The number of hydrogen-bond donors (Lipinski definition) is 2. The average Bonchev–Trinajstić information content (AvgIpc) is 3.06. The summed E-state index contributed by atoms with van der Waals surface area (Å²) in [5, 5.41) is 2.74. The minimum absolute atomic E-state index is 0.389. The van der Waals surface area contributed by atoms with Crippen LogP contribution in [0.3, 0.4) is 0 Å². The Hall–Kier alpha value is -1.75. The molecular weight excluding hydrogens is 292 g/mol. The summed E-state index contributed by atoms with van der Waals surface area (Å²) in [7, 11) is 0. The number of unbranched alkanes of at least 4 members (excludes halogenated alkanes) is 2. The quantitative estimate of drug-likeness (QED) is 0.687. The van der Waals surface area contributed by atoms with Gasteiger partial charge in [0.15, 0.2) is 0 Å². The van der Waals surface area contributed by atoms with Gasteiger partial charge in [0.2, 0.25) is 0 Å². The van der Waals surface area contributed by atoms with Crippen molar-refractivity contribution in [2.24, 2.45) is 0 Å². The van der Waals surface area contributed by atoms with E-state index in [1.807, 2.05) is 24.3 Å². The number of ether oxygens (including phenoxy) is 2. The van der Waals surface area contributed by atoms with Crippen LogP contribution in [0.25, 0.3) is 0 Å². The fraction of sp³-hybridized carbons (Fsp3) is 0.611. The third-order valence-electron chi connectivity index (χ3n) is 4.12. The van der Waals surface area contributed by atoms with Crippen LogP contribution < -0.4 is 15.0 Å². The molecule has 128 valence electrons. The van der Waals surface area contributed by atoms with Crippen LogP contribution in [0.2, 0.25) is 0 Å². The fourth-order valence-electron chi connectivity index (χ4n) is 2.74. The molecule has 0 atom stereocenters. The number of likely N-dealkylation sites (tertiary alicyclic amines) is 1. The zero-order chi connectivity index (χ0) is 16.3. The summed E-state index contributed by atoms with van der Waals surface area (Å²) in [6, 6.07) is 7.41. The Kier molecular flexibility index (Phi) is 7.73. The predicted octanol–water partition coefficient (Wildman–Crippen LogP) is 2.48. The molecule has 0 unspecified atom stereocenters. The number of carbonyl (C=O) groups is 1. The van der Waals surface area contributed by atoms with Crippen molar-refractivity contribution >= 4 is 11.8 Å². The molecule has 5 nitrogen and oxygen atoms in total. The Balaban J connectivity index is 1.62. The highest BCUT2D eigenvalue weighted by Gasteiger charge is 2.15. The molecule has 1 heterocycles. The number of rotatable bonds is 9. The second-order valence-corrected chi connectivity index (χ2v) is 6.05. The van der Waals surface area contributed by atoms with E-state index >= 15 is 0 Å². The lowest BCUT2D eigenvalue weighted by atomic mass is 10.2. The van der Waals surface area contributed by atoms with Crippen molar-refractivity contribution in [1.29, 1.82) is 0 Å². The lowest BCUT2D eigenvalue weighted by molar-refractivity contribution is -0.887. The monoisotopic (exact) mass is 321 g/mol. The van der Waals surface area contributed by atoms with Gasteiger partial charge in [-0.15, -0.1) is 0 Å². The fourth-order valence-corrected chi connectivity index (χ4v) is 2.74. The van der Waals surface area contributed by atoms with Crippen LogP contribution in [0.4, 0.5) is 10.5 Å². The summed E-state index contributed by atoms with van der Waals surface area (Å²) < 4.78 is 10.9. The van der Waals surface area contributed by atoms with Crippen molar-refractivity contribution in [3.05, 3.63) is 24.3 Å². The number of hydrogen-bond acceptors (Lipinski definition) is 3. The first-order valence-electron chi connectivity index (χ1n) is 8.78. The van der Waals surface area contributed by atoms with Crippen molar-refractivity contribution in [3.63, 3.8) is 0 Å². The van der Waals surface area contributed by atoms with E-state index in [0.29, 0.717) is 6.61 Å². The molecule has 2 N–H and O–H groups in total. The van der Waals surface area contributed by atoms with E-state index in [1.54, 1.807) is 0 Å². The third-order valence-corrected chi connectivity index (χ3v) is 4.12. The number of quaternary nitrogens is 1. The molecule has 1 aromatic carbocycles. The molecule has 1 aliphatic rings. The second-order valence-electron chi connectivity index (χ2n) is 6.05. The summed E-state index contributed by atoms with van der Waals surface area (Å²) in [5.41, 5.74) is 0.726. The van der Waals surface area contributed by atoms with E-state index in [9.17, 15) is 4.79 Å². The third kappa shape index (κ3) is 6.91. The molecule has 0 saturated carbocycles. The number of anilines is 1. The van der Waals surface area contributed by atoms with Gasteiger partial charge in [-0.3, -0.25) is 5.32 Å². The number of carbonyl (C=O) groups excluding carboxylic acids is 1. The van der Waals surface area contributed by atoms with Gasteiger partial charge in [-0.25, -0.2) is 4.79 Å². The van der Waals surface area contributed by atoms with Crippen LogP contribution in [-0.4, -0.2) is 38.9 Å². The molecule has 1 fully saturated rings. The SMILES string of the molecule is CCCCCOc1ccc(NC(=O)OCC[NH+]2CCCC2)cc1. The van der Waals surface area contributed by atoms with Crippen molar-refractivity contribution in [2.75, 3.05) is 38.2 Å². The molecule has 0 aliphatic carbocycles. The van der Waals surface area contributed by atoms with Gasteiger partial charge in [-0.1, -0.05) is 19.8 Å². The normalized spacial score (nSPS) is 14.7. The molecule has 5 heteroatoms. The van der Waals surface area contributed by atoms with E-state index in [2.05, 4.69) is 12.2 Å². The van der Waals surface area contributed by atoms with E-state index in [4.69, 9.17) is 9.47 Å². The molecule has 1 amide bonds. The van der Waals surface area contributed by atoms with Crippen LogP contribution in [-0.2, 0) is 4.74 Å². The highest BCUT2D eigenvalue weighted by molar-refractivity contribution is 5.84. The number of nitrogens with one attached hydrogen (secondary N) is 2. The molecule has 1 aromatic rings. The van der Waals surface area contributed by atoms with Gasteiger partial charge in [0.05, 0.1) is 19.7 Å². The summed E-state index contributed by atoms with van der Waals surface area (Å²) in [6.45, 7) is 6.68. The van der Waals surface area contributed by atoms with Gasteiger partial charge in [0.1, 0.15) is 18.9 Å². The number of amides is 1. The summed E-state index contributed by atoms with van der Waals surface area (Å²) in [6.07, 6.45) is 5.63. The minimum Gasteiger partial charge on any atom is -0.494 e. The molecule has 0 aromatic heterocycles. The molecule has 23 heavy (non-hydrogen) atoms. The highest BCUT2D eigenvalue weighted by atomic mass is 16.5. The van der Waals surface area contributed by atoms with Gasteiger partial charge in [-0.2, -0.15) is 0 Å². The van der Waals surface area contributed by atoms with Gasteiger partial charge in [0, 0.05) is 18.5 Å². The van der Waals surface area contributed by atoms with Gasteiger partial charge >= 0.3 is 6.09 Å². The smallest absolute Gasteiger partial charge is 0.411 e. The zero-order valence-corrected chi connectivity index (χ0v) is 14.1. The summed E-state index contributed by atoms with van der Waals surface area (Å²) >= 11 is 0. The largest absolute Gasteiger partial charge is 0.494 e. The van der Waals surface area contributed by atoms with E-state index < -0.39 is 0 Å². The molecule has 1 aliphatic heterocycles. The van der Waals surface area contributed by atoms with E-state index in [-0.39, 0.29) is 6.09 Å². The number of benzene rings is 1. The minimum atomic E-state index is -0.389. The predicted molar refractivity (Wildman–Crippen MR) is 91.2 cm³/mol. The van der Waals surface area contributed by atoms with Crippen LogP contribution in [0.15, 0.2) is 24.3 Å². The summed E-state index contributed by atoms with van der Waals surface area (Å²) in [4.78, 5) is 13.3. The topological polar surface area (TPSA) is 52.0 Å². The lowest BCUT2D eigenvalue weighted by Gasteiger charge is -2.12. The average molecular weight is 321 g/mol. The Morgan fingerprint density at radius 3 is 2.57 bits per heavy atom. The molecule has 0 spiro atoms. The van der Waals surface area contributed by atoms with Gasteiger partial charge < -0.3 is 14.4 Å². The molecule has 0 bridgehead atoms. The lowest BCUT2D eigenvalue weighted by Crippen LogP contribution is -3.10. The zero-order valence-electron chi connectivity index (χ0n) is 14.1. The first kappa shape index (κ1) is 17.6. The first-order valence-corrected chi connectivity index (χ1v) is 8.78. The van der Waals surface area contributed by atoms with E-state index in [1.165, 1.54) is 43.7 Å². The maximum Gasteiger partial charge on any atom is 0.411 e. The highest BCUT2D eigenvalue weighted by Crippen LogP contribution is 2.16. The Bertz CT molecular complexity index is 456. The molecular formula is C18H29N2O3+. The maximum absolute atomic E-state index is 11.7. The molecule has 2 rings (SSSR count). The van der Waals surface area contributed by atoms with Crippen LogP contribution in [0.5, 0.6) is 5.75 Å². The van der Waals surface area contributed by atoms with Crippen molar-refractivity contribution in [2.45, 2.75) is 39.0 Å². The Morgan fingerprint density at radius 1 is 1.13 bits per heavy atom.